The average Bonchev–Trinajstić information content (AvgIpc) is 2.27. The molecular formula is C12H19N. The zero-order valence-electron chi connectivity index (χ0n) is 9.04. The van der Waals surface area contributed by atoms with Gasteiger partial charge in [0.2, 0.25) is 0 Å². The van der Waals surface area contributed by atoms with E-state index in [9.17, 15) is 0 Å². The van der Waals surface area contributed by atoms with Gasteiger partial charge in [0.25, 0.3) is 0 Å². The predicted octanol–water partition coefficient (Wildman–Crippen LogP) is 3.58. The number of allylic oxidation sites excluding steroid dienone is 3. The maximum atomic E-state index is 4.44. The summed E-state index contributed by atoms with van der Waals surface area (Å²) in [5.74, 6) is 1.17. The van der Waals surface area contributed by atoms with E-state index in [1.165, 1.54) is 11.3 Å². The zero-order chi connectivity index (χ0) is 9.84. The van der Waals surface area contributed by atoms with Crippen molar-refractivity contribution in [3.63, 3.8) is 0 Å². The fraction of sp³-hybridized carbons (Fsp3) is 0.583. The molecule has 1 nitrogen and oxygen atoms in total. The third-order valence-corrected chi connectivity index (χ3v) is 2.39. The van der Waals surface area contributed by atoms with E-state index in [2.05, 4.69) is 44.8 Å². The van der Waals surface area contributed by atoms with Gasteiger partial charge in [-0.25, -0.2) is 0 Å². The fourth-order valence-electron chi connectivity index (χ4n) is 1.38. The molecule has 0 aromatic carbocycles. The topological polar surface area (TPSA) is 12.4 Å². The Kier molecular flexibility index (Phi) is 3.47. The Morgan fingerprint density at radius 3 is 2.38 bits per heavy atom. The summed E-state index contributed by atoms with van der Waals surface area (Å²) in [7, 11) is 0. The fourth-order valence-corrected chi connectivity index (χ4v) is 1.38. The molecule has 13 heavy (non-hydrogen) atoms. The van der Waals surface area contributed by atoms with Crippen LogP contribution < -0.4 is 0 Å². The van der Waals surface area contributed by atoms with Gasteiger partial charge in [0.1, 0.15) is 0 Å². The molecule has 1 aliphatic heterocycles. The van der Waals surface area contributed by atoms with Crippen molar-refractivity contribution in [3.05, 3.63) is 23.9 Å². The van der Waals surface area contributed by atoms with Crippen LogP contribution in [0.3, 0.4) is 0 Å². The minimum Gasteiger partial charge on any atom is -0.265 e. The standard InChI is InChI=1S/C12H19N/c1-9(2)11-5-6-12(10(3)4)13-8-7-11/h5,7-10H,6H2,1-4H3. The van der Waals surface area contributed by atoms with Crippen molar-refractivity contribution in [3.8, 4) is 0 Å². The maximum absolute atomic E-state index is 4.44. The van der Waals surface area contributed by atoms with Gasteiger partial charge in [0, 0.05) is 18.3 Å². The Morgan fingerprint density at radius 1 is 1.15 bits per heavy atom. The quantitative estimate of drug-likeness (QED) is 0.611. The largest absolute Gasteiger partial charge is 0.265 e. The highest BCUT2D eigenvalue weighted by Crippen LogP contribution is 2.16. The molecule has 0 atom stereocenters. The van der Waals surface area contributed by atoms with Crippen LogP contribution in [-0.4, -0.2) is 5.71 Å². The highest BCUT2D eigenvalue weighted by atomic mass is 14.7. The van der Waals surface area contributed by atoms with E-state index in [4.69, 9.17) is 0 Å². The lowest BCUT2D eigenvalue weighted by atomic mass is 9.99. The maximum Gasteiger partial charge on any atom is 0.0270 e. The highest BCUT2D eigenvalue weighted by molar-refractivity contribution is 5.88. The molecule has 1 heterocycles. The van der Waals surface area contributed by atoms with Gasteiger partial charge in [-0.1, -0.05) is 33.8 Å². The Hall–Kier alpha value is -0.850. The Bertz CT molecular complexity index is 254. The van der Waals surface area contributed by atoms with Gasteiger partial charge in [-0.05, 0) is 23.5 Å². The third-order valence-electron chi connectivity index (χ3n) is 2.39. The van der Waals surface area contributed by atoms with Crippen LogP contribution in [0.1, 0.15) is 34.1 Å². The van der Waals surface area contributed by atoms with Gasteiger partial charge in [-0.15, -0.1) is 0 Å². The molecule has 0 N–H and O–H groups in total. The molecule has 0 saturated carbocycles. The first-order valence-corrected chi connectivity index (χ1v) is 5.04. The van der Waals surface area contributed by atoms with E-state index in [0.29, 0.717) is 11.8 Å². The van der Waals surface area contributed by atoms with Crippen LogP contribution in [0, 0.1) is 11.8 Å². The van der Waals surface area contributed by atoms with E-state index < -0.39 is 0 Å². The molecule has 0 spiro atoms. The number of hydrogen-bond acceptors (Lipinski definition) is 1. The molecule has 1 heteroatoms. The van der Waals surface area contributed by atoms with Crippen molar-refractivity contribution >= 4 is 5.71 Å². The minimum absolute atomic E-state index is 0.562. The molecule has 0 aromatic rings. The molecule has 1 aliphatic rings. The first-order valence-electron chi connectivity index (χ1n) is 5.04. The second-order valence-electron chi connectivity index (χ2n) is 4.15. The van der Waals surface area contributed by atoms with Crippen LogP contribution >= 0.6 is 0 Å². The van der Waals surface area contributed by atoms with Crippen LogP contribution in [0.2, 0.25) is 0 Å². The van der Waals surface area contributed by atoms with Gasteiger partial charge in [0.05, 0.1) is 0 Å². The molecule has 0 radical (unpaired) electrons. The number of aliphatic imine (C=N–C) groups is 1. The van der Waals surface area contributed by atoms with Gasteiger partial charge < -0.3 is 0 Å². The van der Waals surface area contributed by atoms with Crippen LogP contribution in [-0.2, 0) is 0 Å². The molecule has 0 amide bonds. The monoisotopic (exact) mass is 177 g/mol. The predicted molar refractivity (Wildman–Crippen MR) is 59.0 cm³/mol. The molecule has 0 unspecified atom stereocenters. The van der Waals surface area contributed by atoms with Crippen molar-refractivity contribution < 1.29 is 0 Å². The molecule has 1 rings (SSSR count). The first kappa shape index (κ1) is 10.2. The van der Waals surface area contributed by atoms with E-state index >= 15 is 0 Å². The van der Waals surface area contributed by atoms with Crippen molar-refractivity contribution in [2.75, 3.05) is 0 Å². The van der Waals surface area contributed by atoms with Crippen LogP contribution in [0.25, 0.3) is 0 Å². The summed E-state index contributed by atoms with van der Waals surface area (Å²) in [5, 5.41) is 0. The van der Waals surface area contributed by atoms with Gasteiger partial charge in [0.15, 0.2) is 0 Å². The second-order valence-corrected chi connectivity index (χ2v) is 4.15. The van der Waals surface area contributed by atoms with E-state index in [0.717, 1.165) is 6.42 Å². The van der Waals surface area contributed by atoms with E-state index in [1.807, 2.05) is 6.20 Å². The lowest BCUT2D eigenvalue weighted by molar-refractivity contribution is 0.787. The molecule has 0 saturated heterocycles. The van der Waals surface area contributed by atoms with Crippen LogP contribution in [0.4, 0.5) is 0 Å². The molecule has 0 bridgehead atoms. The van der Waals surface area contributed by atoms with Crippen molar-refractivity contribution in [2.45, 2.75) is 34.1 Å². The lowest BCUT2D eigenvalue weighted by Gasteiger charge is -2.06. The molecule has 0 aliphatic carbocycles. The summed E-state index contributed by atoms with van der Waals surface area (Å²) < 4.78 is 0. The molecule has 72 valence electrons. The Balaban J connectivity index is 2.74. The Morgan fingerprint density at radius 2 is 1.85 bits per heavy atom. The summed E-state index contributed by atoms with van der Waals surface area (Å²) in [4.78, 5) is 4.44. The second kappa shape index (κ2) is 4.40. The average molecular weight is 177 g/mol. The summed E-state index contributed by atoms with van der Waals surface area (Å²) >= 11 is 0. The first-order chi connectivity index (χ1) is 6.11. The van der Waals surface area contributed by atoms with Gasteiger partial charge >= 0.3 is 0 Å². The van der Waals surface area contributed by atoms with Crippen molar-refractivity contribution in [2.24, 2.45) is 16.8 Å². The molecule has 0 aromatic heterocycles. The minimum atomic E-state index is 0.562. The molecule has 0 fully saturated rings. The van der Waals surface area contributed by atoms with Crippen LogP contribution in [0.15, 0.2) is 28.9 Å². The Labute approximate surface area is 81.3 Å². The highest BCUT2D eigenvalue weighted by Gasteiger charge is 2.07. The number of rotatable bonds is 2. The summed E-state index contributed by atoms with van der Waals surface area (Å²) in [6.45, 7) is 8.83. The van der Waals surface area contributed by atoms with Crippen LogP contribution in [0.5, 0.6) is 0 Å². The van der Waals surface area contributed by atoms with Gasteiger partial charge in [-0.2, -0.15) is 0 Å². The van der Waals surface area contributed by atoms with Crippen molar-refractivity contribution in [1.29, 1.82) is 0 Å². The lowest BCUT2D eigenvalue weighted by Crippen LogP contribution is -2.05. The smallest absolute Gasteiger partial charge is 0.0270 e. The third kappa shape index (κ3) is 2.83. The van der Waals surface area contributed by atoms with E-state index in [-0.39, 0.29) is 0 Å². The van der Waals surface area contributed by atoms with Crippen molar-refractivity contribution in [1.82, 2.24) is 0 Å². The number of hydrogen-bond donors (Lipinski definition) is 0. The number of nitrogens with zero attached hydrogens (tertiary/aromatic N) is 1. The summed E-state index contributed by atoms with van der Waals surface area (Å²) in [5.41, 5.74) is 2.69. The zero-order valence-corrected chi connectivity index (χ0v) is 9.04. The normalized spacial score (nSPS) is 17.4. The SMILES string of the molecule is CC(C)C1=CCC(C(C)C)=NC=C1. The summed E-state index contributed by atoms with van der Waals surface area (Å²) in [6, 6.07) is 0. The molecular weight excluding hydrogens is 158 g/mol. The van der Waals surface area contributed by atoms with Gasteiger partial charge in [-0.3, -0.25) is 4.99 Å². The van der Waals surface area contributed by atoms with E-state index in [1.54, 1.807) is 0 Å². The summed E-state index contributed by atoms with van der Waals surface area (Å²) in [6.07, 6.45) is 7.37.